The Morgan fingerprint density at radius 1 is 1.25 bits per heavy atom. The van der Waals surface area contributed by atoms with E-state index in [9.17, 15) is 0 Å². The van der Waals surface area contributed by atoms with E-state index in [1.54, 1.807) is 0 Å². The van der Waals surface area contributed by atoms with Crippen LogP contribution in [0.25, 0.3) is 0 Å². The Morgan fingerprint density at radius 2 is 1.85 bits per heavy atom. The highest BCUT2D eigenvalue weighted by Crippen LogP contribution is 2.27. The van der Waals surface area contributed by atoms with Crippen molar-refractivity contribution >= 4 is 0 Å². The van der Waals surface area contributed by atoms with E-state index in [2.05, 4.69) is 31.7 Å². The van der Waals surface area contributed by atoms with Gasteiger partial charge in [-0.05, 0) is 57.4 Å². The number of ether oxygens (including phenoxy) is 1. The summed E-state index contributed by atoms with van der Waals surface area (Å²) in [5.41, 5.74) is 0.671. The van der Waals surface area contributed by atoms with E-state index in [1.807, 2.05) is 24.3 Å². The minimum Gasteiger partial charge on any atom is -0.475 e. The summed E-state index contributed by atoms with van der Waals surface area (Å²) in [4.78, 5) is 2.50. The Morgan fingerprint density at radius 3 is 2.35 bits per heavy atom. The second kappa shape index (κ2) is 6.76. The van der Waals surface area contributed by atoms with Gasteiger partial charge in [-0.25, -0.2) is 0 Å². The smallest absolute Gasteiger partial charge is 0.152 e. The molecule has 0 saturated carbocycles. The van der Waals surface area contributed by atoms with Gasteiger partial charge in [0.05, 0.1) is 11.6 Å². The van der Waals surface area contributed by atoms with Gasteiger partial charge in [0.25, 0.3) is 0 Å². The third kappa shape index (κ3) is 3.32. The topological polar surface area (TPSA) is 36.3 Å². The molecule has 0 aliphatic carbocycles. The molecule has 1 aromatic carbocycles. The van der Waals surface area contributed by atoms with Crippen molar-refractivity contribution in [2.75, 3.05) is 0 Å². The first-order valence-electron chi connectivity index (χ1n) is 7.60. The first-order valence-corrected chi connectivity index (χ1v) is 7.60. The van der Waals surface area contributed by atoms with Gasteiger partial charge >= 0.3 is 0 Å². The fraction of sp³-hybridized carbons (Fsp3) is 0.588. The number of rotatable bonds is 4. The number of hydrogen-bond donors (Lipinski definition) is 0. The maximum absolute atomic E-state index is 8.83. The fourth-order valence-corrected chi connectivity index (χ4v) is 3.13. The van der Waals surface area contributed by atoms with E-state index in [4.69, 9.17) is 10.00 Å². The Labute approximate surface area is 122 Å². The summed E-state index contributed by atoms with van der Waals surface area (Å²) in [6.07, 6.45) is 4.89. The first-order chi connectivity index (χ1) is 9.65. The van der Waals surface area contributed by atoms with Gasteiger partial charge in [0.1, 0.15) is 5.75 Å². The molecule has 0 spiro atoms. The molecule has 1 fully saturated rings. The quantitative estimate of drug-likeness (QED) is 0.833. The van der Waals surface area contributed by atoms with E-state index >= 15 is 0 Å². The molecule has 1 aliphatic rings. The number of likely N-dealkylation sites (tertiary alicyclic amines) is 1. The predicted molar refractivity (Wildman–Crippen MR) is 80.5 cm³/mol. The van der Waals surface area contributed by atoms with Gasteiger partial charge in [0.2, 0.25) is 0 Å². The standard InChI is InChI=1S/C17H24N2O/c1-4-17(19-13(2)6-5-7-14(19)3)20-16-10-8-15(12-18)9-11-16/h8-11,13-14,17H,4-7H2,1-3H3. The number of benzene rings is 1. The molecule has 1 heterocycles. The van der Waals surface area contributed by atoms with E-state index in [1.165, 1.54) is 19.3 Å². The lowest BCUT2D eigenvalue weighted by Crippen LogP contribution is -2.51. The predicted octanol–water partition coefficient (Wildman–Crippen LogP) is 3.94. The molecule has 108 valence electrons. The van der Waals surface area contributed by atoms with Crippen LogP contribution < -0.4 is 4.74 Å². The summed E-state index contributed by atoms with van der Waals surface area (Å²) in [6, 6.07) is 10.7. The average Bonchev–Trinajstić information content (AvgIpc) is 2.46. The van der Waals surface area contributed by atoms with E-state index < -0.39 is 0 Å². The first kappa shape index (κ1) is 14.9. The summed E-state index contributed by atoms with van der Waals surface area (Å²) in [7, 11) is 0. The lowest BCUT2D eigenvalue weighted by atomic mass is 9.97. The van der Waals surface area contributed by atoms with Crippen LogP contribution in [0.15, 0.2) is 24.3 Å². The lowest BCUT2D eigenvalue weighted by molar-refractivity contribution is -0.0489. The van der Waals surface area contributed by atoms with Crippen molar-refractivity contribution in [1.82, 2.24) is 4.90 Å². The van der Waals surface area contributed by atoms with Gasteiger partial charge in [0, 0.05) is 12.1 Å². The minimum atomic E-state index is 0.119. The zero-order valence-electron chi connectivity index (χ0n) is 12.7. The fourth-order valence-electron chi connectivity index (χ4n) is 3.13. The van der Waals surface area contributed by atoms with E-state index in [-0.39, 0.29) is 6.23 Å². The molecular weight excluding hydrogens is 248 g/mol. The molecule has 3 unspecified atom stereocenters. The molecule has 1 saturated heterocycles. The monoisotopic (exact) mass is 272 g/mol. The van der Waals surface area contributed by atoms with Crippen molar-refractivity contribution in [2.45, 2.75) is 64.8 Å². The van der Waals surface area contributed by atoms with Gasteiger partial charge < -0.3 is 4.74 Å². The zero-order chi connectivity index (χ0) is 14.5. The summed E-state index contributed by atoms with van der Waals surface area (Å²) in [6.45, 7) is 6.75. The van der Waals surface area contributed by atoms with Crippen LogP contribution in [0.4, 0.5) is 0 Å². The molecule has 0 radical (unpaired) electrons. The molecule has 0 aromatic heterocycles. The maximum Gasteiger partial charge on any atom is 0.152 e. The number of hydrogen-bond acceptors (Lipinski definition) is 3. The van der Waals surface area contributed by atoms with E-state index in [0.717, 1.165) is 12.2 Å². The van der Waals surface area contributed by atoms with Crippen molar-refractivity contribution in [1.29, 1.82) is 5.26 Å². The summed E-state index contributed by atoms with van der Waals surface area (Å²) in [5.74, 6) is 0.848. The SMILES string of the molecule is CCC(Oc1ccc(C#N)cc1)N1C(C)CCCC1C. The maximum atomic E-state index is 8.83. The highest BCUT2D eigenvalue weighted by molar-refractivity contribution is 5.34. The molecule has 3 nitrogen and oxygen atoms in total. The van der Waals surface area contributed by atoms with Gasteiger partial charge in [-0.2, -0.15) is 5.26 Å². The van der Waals surface area contributed by atoms with Gasteiger partial charge in [-0.15, -0.1) is 0 Å². The summed E-state index contributed by atoms with van der Waals surface area (Å²) >= 11 is 0. The molecule has 3 atom stereocenters. The van der Waals surface area contributed by atoms with Crippen molar-refractivity contribution in [2.24, 2.45) is 0 Å². The largest absolute Gasteiger partial charge is 0.475 e. The van der Waals surface area contributed by atoms with Gasteiger partial charge in [0.15, 0.2) is 6.23 Å². The van der Waals surface area contributed by atoms with Crippen molar-refractivity contribution in [3.63, 3.8) is 0 Å². The van der Waals surface area contributed by atoms with Crippen LogP contribution in [0, 0.1) is 11.3 Å². The normalized spacial score (nSPS) is 24.9. The van der Waals surface area contributed by atoms with Crippen LogP contribution in [0.2, 0.25) is 0 Å². The molecule has 20 heavy (non-hydrogen) atoms. The molecule has 1 aliphatic heterocycles. The Hall–Kier alpha value is -1.53. The Kier molecular flexibility index (Phi) is 5.03. The number of piperidine rings is 1. The molecule has 0 amide bonds. The summed E-state index contributed by atoms with van der Waals surface area (Å²) in [5, 5.41) is 8.83. The lowest BCUT2D eigenvalue weighted by Gasteiger charge is -2.43. The molecule has 2 rings (SSSR count). The molecule has 0 N–H and O–H groups in total. The van der Waals surface area contributed by atoms with Crippen LogP contribution in [0.5, 0.6) is 5.75 Å². The summed E-state index contributed by atoms with van der Waals surface area (Å²) < 4.78 is 6.16. The van der Waals surface area contributed by atoms with Crippen molar-refractivity contribution < 1.29 is 4.74 Å². The molecule has 3 heteroatoms. The van der Waals surface area contributed by atoms with E-state index in [0.29, 0.717) is 17.6 Å². The van der Waals surface area contributed by atoms with Crippen LogP contribution in [0.1, 0.15) is 52.0 Å². The van der Waals surface area contributed by atoms with Gasteiger partial charge in [-0.3, -0.25) is 4.90 Å². The Bertz CT molecular complexity index is 453. The van der Waals surface area contributed by atoms with Crippen LogP contribution in [-0.2, 0) is 0 Å². The third-order valence-corrected chi connectivity index (χ3v) is 4.20. The zero-order valence-corrected chi connectivity index (χ0v) is 12.7. The highest BCUT2D eigenvalue weighted by atomic mass is 16.5. The van der Waals surface area contributed by atoms with Crippen LogP contribution in [0.3, 0.4) is 0 Å². The molecular formula is C17H24N2O. The minimum absolute atomic E-state index is 0.119. The second-order valence-corrected chi connectivity index (χ2v) is 5.69. The van der Waals surface area contributed by atoms with Crippen LogP contribution >= 0.6 is 0 Å². The van der Waals surface area contributed by atoms with Crippen LogP contribution in [-0.4, -0.2) is 23.2 Å². The van der Waals surface area contributed by atoms with Crippen molar-refractivity contribution in [3.05, 3.63) is 29.8 Å². The number of nitrogens with zero attached hydrogens (tertiary/aromatic N) is 2. The average molecular weight is 272 g/mol. The van der Waals surface area contributed by atoms with Gasteiger partial charge in [-0.1, -0.05) is 13.3 Å². The highest BCUT2D eigenvalue weighted by Gasteiger charge is 2.31. The molecule has 1 aromatic rings. The molecule has 0 bridgehead atoms. The number of nitriles is 1. The Balaban J connectivity index is 2.09. The second-order valence-electron chi connectivity index (χ2n) is 5.69. The van der Waals surface area contributed by atoms with Crippen molar-refractivity contribution in [3.8, 4) is 11.8 Å². The third-order valence-electron chi connectivity index (χ3n) is 4.20.